The molecule has 7 N–H and O–H groups in total. The highest BCUT2D eigenvalue weighted by Crippen LogP contribution is 2.43. The number of hydrogen-bond donors (Lipinski definition) is 6. The molecule has 3 aliphatic heterocycles. The van der Waals surface area contributed by atoms with Crippen molar-refractivity contribution in [3.8, 4) is 22.6 Å². The first-order chi connectivity index (χ1) is 22.5. The summed E-state index contributed by atoms with van der Waals surface area (Å²) < 4.78 is 5.20. The minimum atomic E-state index is -0.883. The number of piperidine rings is 2. The largest absolute Gasteiger partial charge is 0.508 e. The first-order valence-electron chi connectivity index (χ1n) is 16.4. The van der Waals surface area contributed by atoms with Crippen molar-refractivity contribution < 1.29 is 29.3 Å². The second-order valence-electron chi connectivity index (χ2n) is 13.0. The molecule has 0 spiro atoms. The third-order valence-corrected chi connectivity index (χ3v) is 9.53. The zero-order valence-corrected chi connectivity index (χ0v) is 27.2. The van der Waals surface area contributed by atoms with Gasteiger partial charge in [-0.3, -0.25) is 9.59 Å². The summed E-state index contributed by atoms with van der Waals surface area (Å²) in [6, 6.07) is 6.14. The van der Waals surface area contributed by atoms with Gasteiger partial charge in [-0.25, -0.2) is 4.79 Å². The second-order valence-corrected chi connectivity index (χ2v) is 13.0. The molecule has 3 unspecified atom stereocenters. The number of phenolic OH excluding ortho intramolecular Hbond substituents is 2. The quantitative estimate of drug-likeness (QED) is 0.209. The molecule has 3 atom stereocenters. The Morgan fingerprint density at radius 3 is 2.51 bits per heavy atom. The number of nitrogens with zero attached hydrogens (tertiary/aromatic N) is 3. The normalized spacial score (nSPS) is 21.9. The number of Topliss-reactive ketones (excluding diaryl/α,β-unsaturated/α-hetero) is 1. The van der Waals surface area contributed by atoms with Crippen molar-refractivity contribution in [1.29, 1.82) is 0 Å². The molecule has 13 heteroatoms. The molecule has 2 aromatic rings. The molecule has 0 aliphatic carbocycles. The molecule has 252 valence electrons. The van der Waals surface area contributed by atoms with Crippen LogP contribution in [0.25, 0.3) is 11.1 Å². The highest BCUT2D eigenvalue weighted by atomic mass is 16.5. The maximum absolute atomic E-state index is 14.1. The minimum absolute atomic E-state index is 0.0140. The van der Waals surface area contributed by atoms with Gasteiger partial charge in [-0.05, 0) is 98.6 Å². The van der Waals surface area contributed by atoms with Gasteiger partial charge in [0.15, 0.2) is 0 Å². The van der Waals surface area contributed by atoms with Crippen molar-refractivity contribution in [2.75, 3.05) is 32.8 Å². The average molecular weight is 648 g/mol. The van der Waals surface area contributed by atoms with Gasteiger partial charge in [0.05, 0.1) is 11.6 Å². The third-order valence-electron chi connectivity index (χ3n) is 9.53. The number of hydrogen-bond acceptors (Lipinski definition) is 11. The molecule has 3 heterocycles. The van der Waals surface area contributed by atoms with E-state index in [1.165, 1.54) is 6.07 Å². The number of ether oxygens (including phenoxy) is 1. The zero-order chi connectivity index (χ0) is 33.7. The van der Waals surface area contributed by atoms with E-state index in [2.05, 4.69) is 31.4 Å². The minimum Gasteiger partial charge on any atom is -0.508 e. The van der Waals surface area contributed by atoms with E-state index in [9.17, 15) is 24.6 Å². The van der Waals surface area contributed by atoms with Gasteiger partial charge in [0.2, 0.25) is 0 Å². The Hall–Kier alpha value is -4.36. The molecule has 0 bridgehead atoms. The Morgan fingerprint density at radius 2 is 1.85 bits per heavy atom. The van der Waals surface area contributed by atoms with Crippen LogP contribution in [0.2, 0.25) is 0 Å². The lowest BCUT2D eigenvalue weighted by Crippen LogP contribution is -2.51. The number of ketones is 1. The summed E-state index contributed by atoms with van der Waals surface area (Å²) in [5.74, 6) is -0.607. The molecule has 2 fully saturated rings. The van der Waals surface area contributed by atoms with E-state index in [0.29, 0.717) is 86.1 Å². The highest BCUT2D eigenvalue weighted by molar-refractivity contribution is 6.00. The van der Waals surface area contributed by atoms with E-state index < -0.39 is 17.6 Å². The van der Waals surface area contributed by atoms with Crippen molar-refractivity contribution in [3.05, 3.63) is 46.5 Å². The van der Waals surface area contributed by atoms with Crippen molar-refractivity contribution >= 4 is 24.0 Å². The fourth-order valence-corrected chi connectivity index (χ4v) is 7.12. The number of benzene rings is 2. The number of phenols is 2. The van der Waals surface area contributed by atoms with E-state index in [1.54, 1.807) is 12.3 Å². The predicted molar refractivity (Wildman–Crippen MR) is 177 cm³/mol. The molecule has 0 radical (unpaired) electrons. The van der Waals surface area contributed by atoms with Gasteiger partial charge in [-0.15, -0.1) is 5.10 Å². The molecular weight excluding hydrogens is 602 g/mol. The number of amides is 2. The number of rotatable bonds is 11. The van der Waals surface area contributed by atoms with Gasteiger partial charge in [-0.2, -0.15) is 5.11 Å². The lowest BCUT2D eigenvalue weighted by Gasteiger charge is -2.40. The molecule has 0 saturated carbocycles. The van der Waals surface area contributed by atoms with E-state index in [1.807, 2.05) is 32.9 Å². The Balaban J connectivity index is 1.52. The van der Waals surface area contributed by atoms with Crippen LogP contribution >= 0.6 is 0 Å². The molecule has 2 saturated heterocycles. The fraction of sp³-hybridized carbons (Fsp3) is 0.529. The predicted octanol–water partition coefficient (Wildman–Crippen LogP) is 4.08. The monoisotopic (exact) mass is 647 g/mol. The number of carbonyl (C=O) groups excluding carboxylic acids is 3. The Bertz CT molecular complexity index is 1550. The third kappa shape index (κ3) is 7.46. The SMILES string of the molecule is CCNC(=O)c1cc(CC2CC(C(=O)C3(COC(N)=O)CCNCC3)CCN2)cc(-c2cc(C(C)C)c(O)cc2O)c1C1C=NN=N1. The van der Waals surface area contributed by atoms with Crippen molar-refractivity contribution in [1.82, 2.24) is 16.0 Å². The van der Waals surface area contributed by atoms with Gasteiger partial charge < -0.3 is 36.6 Å². The van der Waals surface area contributed by atoms with Crippen molar-refractivity contribution in [3.63, 3.8) is 0 Å². The fourth-order valence-electron chi connectivity index (χ4n) is 7.12. The van der Waals surface area contributed by atoms with E-state index >= 15 is 0 Å². The van der Waals surface area contributed by atoms with Gasteiger partial charge in [-0.1, -0.05) is 19.9 Å². The number of primary amides is 1. The molecular formula is C34H45N7O6. The van der Waals surface area contributed by atoms with Gasteiger partial charge >= 0.3 is 6.09 Å². The van der Waals surface area contributed by atoms with E-state index in [0.717, 1.165) is 5.56 Å². The summed E-state index contributed by atoms with van der Waals surface area (Å²) in [6.45, 7) is 8.08. The molecule has 2 amide bonds. The summed E-state index contributed by atoms with van der Waals surface area (Å²) in [6.07, 6.45) is 3.57. The first kappa shape index (κ1) is 34.0. The number of nitrogens with one attached hydrogen (secondary N) is 3. The first-order valence-corrected chi connectivity index (χ1v) is 16.4. The molecule has 13 nitrogen and oxygen atoms in total. The van der Waals surface area contributed by atoms with Gasteiger partial charge in [0.25, 0.3) is 5.91 Å². The van der Waals surface area contributed by atoms with Crippen LogP contribution in [-0.4, -0.2) is 73.0 Å². The standard InChI is InChI=1S/C34H45N7O6/c1-4-37-32(45)26-13-20(11-22-14-21(5-8-38-22)31(44)34(18-47-33(35)46)6-9-36-10-7-34)12-25(30(26)27-17-39-41-40-27)24-15-23(19(2)3)28(42)16-29(24)43/h12-13,15-17,19,21-22,27,36,38,42-43H,4-11,14,18H2,1-3H3,(H2,35,46)(H,37,45). The van der Waals surface area contributed by atoms with Crippen molar-refractivity contribution in [2.45, 2.75) is 70.9 Å². The Labute approximate surface area is 274 Å². The lowest BCUT2D eigenvalue weighted by atomic mass is 9.69. The summed E-state index contributed by atoms with van der Waals surface area (Å²) >= 11 is 0. The average Bonchev–Trinajstić information content (AvgIpc) is 3.58. The van der Waals surface area contributed by atoms with E-state index in [4.69, 9.17) is 10.5 Å². The van der Waals surface area contributed by atoms with Crippen LogP contribution in [0, 0.1) is 11.3 Å². The summed E-state index contributed by atoms with van der Waals surface area (Å²) in [7, 11) is 0. The van der Waals surface area contributed by atoms with Crippen LogP contribution in [0.5, 0.6) is 11.5 Å². The van der Waals surface area contributed by atoms with E-state index in [-0.39, 0.29) is 47.7 Å². The summed E-state index contributed by atoms with van der Waals surface area (Å²) in [5.41, 5.74) is 7.96. The molecule has 5 rings (SSSR count). The summed E-state index contributed by atoms with van der Waals surface area (Å²) in [4.78, 5) is 39.1. The number of aromatic hydroxyl groups is 2. The van der Waals surface area contributed by atoms with Crippen LogP contribution in [0.1, 0.15) is 85.5 Å². The van der Waals surface area contributed by atoms with Crippen LogP contribution in [0.4, 0.5) is 4.79 Å². The molecule has 0 aromatic heterocycles. The molecule has 47 heavy (non-hydrogen) atoms. The van der Waals surface area contributed by atoms with Crippen LogP contribution < -0.4 is 21.7 Å². The smallest absolute Gasteiger partial charge is 0.404 e. The van der Waals surface area contributed by atoms with Crippen molar-refractivity contribution in [2.24, 2.45) is 32.5 Å². The van der Waals surface area contributed by atoms with Crippen LogP contribution in [0.15, 0.2) is 39.7 Å². The topological polar surface area (TPSA) is 200 Å². The zero-order valence-electron chi connectivity index (χ0n) is 27.2. The number of carbonyl (C=O) groups is 3. The summed E-state index contributed by atoms with van der Waals surface area (Å²) in [5, 5.41) is 43.5. The maximum Gasteiger partial charge on any atom is 0.404 e. The van der Waals surface area contributed by atoms with Gasteiger partial charge in [0.1, 0.15) is 29.9 Å². The lowest BCUT2D eigenvalue weighted by molar-refractivity contribution is -0.138. The Kier molecular flexibility index (Phi) is 10.6. The maximum atomic E-state index is 14.1. The highest BCUT2D eigenvalue weighted by Gasteiger charge is 2.45. The molecule has 3 aliphatic rings. The van der Waals surface area contributed by atoms with Crippen LogP contribution in [0.3, 0.4) is 0 Å². The second kappa shape index (κ2) is 14.6. The van der Waals surface area contributed by atoms with Gasteiger partial charge in [0, 0.05) is 41.3 Å². The molecule has 2 aromatic carbocycles. The number of nitrogens with two attached hydrogens (primary N) is 1. The van der Waals surface area contributed by atoms with Crippen LogP contribution in [-0.2, 0) is 16.0 Å². The Morgan fingerprint density at radius 1 is 1.09 bits per heavy atom.